The van der Waals surface area contributed by atoms with Gasteiger partial charge in [-0.3, -0.25) is 14.6 Å². The zero-order chi connectivity index (χ0) is 20.9. The molecule has 150 valence electrons. The lowest BCUT2D eigenvalue weighted by atomic mass is 9.98. The van der Waals surface area contributed by atoms with E-state index in [0.717, 1.165) is 23.2 Å². The second-order valence-corrected chi connectivity index (χ2v) is 6.78. The number of carbonyl (C=O) groups excluding carboxylic acids is 1. The minimum atomic E-state index is -0.522. The van der Waals surface area contributed by atoms with Crippen molar-refractivity contribution in [3.05, 3.63) is 112 Å². The molecule has 0 unspecified atom stereocenters. The van der Waals surface area contributed by atoms with E-state index in [0.29, 0.717) is 0 Å². The second kappa shape index (κ2) is 8.57. The van der Waals surface area contributed by atoms with Gasteiger partial charge in [0.15, 0.2) is 0 Å². The summed E-state index contributed by atoms with van der Waals surface area (Å²) in [4.78, 5) is 32.4. The number of nitrogens with zero attached hydrogens (tertiary/aromatic N) is 3. The Hall–Kier alpha value is -4.00. The molecule has 4 rings (SSSR count). The lowest BCUT2D eigenvalue weighted by Gasteiger charge is -2.19. The maximum atomic E-state index is 12.9. The van der Waals surface area contributed by atoms with E-state index < -0.39 is 17.5 Å². The highest BCUT2D eigenvalue weighted by Gasteiger charge is 2.20. The zero-order valence-corrected chi connectivity index (χ0v) is 16.4. The molecule has 0 radical (unpaired) electrons. The summed E-state index contributed by atoms with van der Waals surface area (Å²) < 4.78 is 1.48. The van der Waals surface area contributed by atoms with Gasteiger partial charge in [-0.15, -0.1) is 0 Å². The molecule has 2 aromatic heterocycles. The van der Waals surface area contributed by atoms with Gasteiger partial charge >= 0.3 is 0 Å². The quantitative estimate of drug-likeness (QED) is 0.521. The Labute approximate surface area is 173 Å². The number of H-pyrrole nitrogens is 1. The Morgan fingerprint density at radius 3 is 2.20 bits per heavy atom. The first-order chi connectivity index (χ1) is 14.7. The predicted molar refractivity (Wildman–Crippen MR) is 114 cm³/mol. The van der Waals surface area contributed by atoms with Crippen molar-refractivity contribution in [1.29, 1.82) is 0 Å². The lowest BCUT2D eigenvalue weighted by molar-refractivity contribution is 0.0941. The van der Waals surface area contributed by atoms with E-state index in [-0.39, 0.29) is 11.5 Å². The molecule has 2 heterocycles. The summed E-state index contributed by atoms with van der Waals surface area (Å²) in [6.45, 7) is 1.99. The molecule has 2 N–H and O–H groups in total. The predicted octanol–water partition coefficient (Wildman–Crippen LogP) is 3.04. The van der Waals surface area contributed by atoms with Crippen molar-refractivity contribution in [1.82, 2.24) is 25.1 Å². The average molecular weight is 399 g/mol. The van der Waals surface area contributed by atoms with Crippen molar-refractivity contribution in [2.75, 3.05) is 0 Å². The molecule has 0 fully saturated rings. The van der Waals surface area contributed by atoms with Crippen molar-refractivity contribution in [2.45, 2.75) is 19.4 Å². The van der Waals surface area contributed by atoms with Gasteiger partial charge in [0.25, 0.3) is 11.5 Å². The zero-order valence-electron chi connectivity index (χ0n) is 16.4. The Morgan fingerprint density at radius 1 is 1.03 bits per heavy atom. The van der Waals surface area contributed by atoms with Crippen LogP contribution < -0.4 is 10.9 Å². The van der Waals surface area contributed by atoms with Crippen LogP contribution in [0.5, 0.6) is 0 Å². The third-order valence-corrected chi connectivity index (χ3v) is 4.80. The number of aromatic nitrogens is 4. The van der Waals surface area contributed by atoms with Gasteiger partial charge in [0.1, 0.15) is 5.56 Å². The van der Waals surface area contributed by atoms with Crippen molar-refractivity contribution in [2.24, 2.45) is 0 Å². The number of carbonyl (C=O) groups is 1. The van der Waals surface area contributed by atoms with Crippen molar-refractivity contribution in [3.8, 4) is 5.95 Å². The van der Waals surface area contributed by atoms with E-state index in [1.807, 2.05) is 73.7 Å². The van der Waals surface area contributed by atoms with Gasteiger partial charge in [-0.1, -0.05) is 67.6 Å². The minimum Gasteiger partial charge on any atom is -0.341 e. The first kappa shape index (κ1) is 19.3. The summed E-state index contributed by atoms with van der Waals surface area (Å²) >= 11 is 0. The smallest absolute Gasteiger partial charge is 0.265 e. The first-order valence-electron chi connectivity index (χ1n) is 9.70. The van der Waals surface area contributed by atoms with E-state index in [1.54, 1.807) is 6.20 Å². The molecule has 0 aliphatic carbocycles. The van der Waals surface area contributed by atoms with E-state index in [1.165, 1.54) is 10.9 Å². The number of benzene rings is 2. The number of hydrogen-bond donors (Lipinski definition) is 2. The Balaban J connectivity index is 1.62. The molecule has 4 aromatic rings. The van der Waals surface area contributed by atoms with Gasteiger partial charge in [-0.25, -0.2) is 9.67 Å². The third kappa shape index (κ3) is 4.05. The van der Waals surface area contributed by atoms with Crippen LogP contribution in [0.25, 0.3) is 5.95 Å². The summed E-state index contributed by atoms with van der Waals surface area (Å²) in [5.74, 6) is -0.235. The van der Waals surface area contributed by atoms with Gasteiger partial charge < -0.3 is 5.32 Å². The molecule has 0 spiro atoms. The summed E-state index contributed by atoms with van der Waals surface area (Å²) in [6.07, 6.45) is 3.78. The number of hydrogen-bond acceptors (Lipinski definition) is 4. The maximum absolute atomic E-state index is 12.9. The largest absolute Gasteiger partial charge is 0.341 e. The molecule has 30 heavy (non-hydrogen) atoms. The SMILES string of the molecule is CCc1ccn(-c2ncc(C(=O)NC(c3ccccc3)c3ccccc3)c(=O)[nH]2)n1. The molecular formula is C23H21N5O2. The van der Waals surface area contributed by atoms with Crippen molar-refractivity contribution >= 4 is 5.91 Å². The van der Waals surface area contributed by atoms with Crippen LogP contribution in [0.1, 0.15) is 40.1 Å². The molecule has 0 saturated carbocycles. The Bertz CT molecular complexity index is 1160. The molecular weight excluding hydrogens is 378 g/mol. The van der Waals surface area contributed by atoms with Gasteiger partial charge in [-0.2, -0.15) is 5.10 Å². The Morgan fingerprint density at radius 2 is 1.67 bits per heavy atom. The van der Waals surface area contributed by atoms with E-state index in [9.17, 15) is 9.59 Å². The Kier molecular flexibility index (Phi) is 5.52. The molecule has 0 aliphatic heterocycles. The van der Waals surface area contributed by atoms with E-state index in [2.05, 4.69) is 20.4 Å². The number of nitrogens with one attached hydrogen (secondary N) is 2. The molecule has 0 aliphatic rings. The van der Waals surface area contributed by atoms with Crippen LogP contribution in [0.15, 0.2) is 83.9 Å². The van der Waals surface area contributed by atoms with Crippen molar-refractivity contribution < 1.29 is 4.79 Å². The van der Waals surface area contributed by atoms with Crippen LogP contribution in [0.3, 0.4) is 0 Å². The standard InChI is InChI=1S/C23H21N5O2/c1-2-18-13-14-28(27-18)23-24-15-19(22(30)26-23)21(29)25-20(16-9-5-3-6-10-16)17-11-7-4-8-12-17/h3-15,20H,2H2,1H3,(H,25,29)(H,24,26,30). The van der Waals surface area contributed by atoms with Crippen LogP contribution in [0.2, 0.25) is 0 Å². The van der Waals surface area contributed by atoms with Crippen LogP contribution in [0, 0.1) is 0 Å². The van der Waals surface area contributed by atoms with Gasteiger partial charge in [0.2, 0.25) is 5.95 Å². The summed E-state index contributed by atoms with van der Waals surface area (Å²) in [5, 5.41) is 7.28. The summed E-state index contributed by atoms with van der Waals surface area (Å²) in [6, 6.07) is 20.7. The number of aryl methyl sites for hydroxylation is 1. The molecule has 0 atom stereocenters. The number of amides is 1. The van der Waals surface area contributed by atoms with Crippen molar-refractivity contribution in [3.63, 3.8) is 0 Å². The topological polar surface area (TPSA) is 92.7 Å². The molecule has 1 amide bonds. The van der Waals surface area contributed by atoms with Gasteiger partial charge in [0, 0.05) is 12.4 Å². The van der Waals surface area contributed by atoms with E-state index >= 15 is 0 Å². The first-order valence-corrected chi connectivity index (χ1v) is 9.70. The van der Waals surface area contributed by atoms with Gasteiger partial charge in [0.05, 0.1) is 11.7 Å². The number of aromatic amines is 1. The highest BCUT2D eigenvalue weighted by atomic mass is 16.2. The highest BCUT2D eigenvalue weighted by Crippen LogP contribution is 2.22. The highest BCUT2D eigenvalue weighted by molar-refractivity contribution is 5.94. The normalized spacial score (nSPS) is 10.9. The van der Waals surface area contributed by atoms with Crippen LogP contribution in [-0.2, 0) is 6.42 Å². The summed E-state index contributed by atoms with van der Waals surface area (Å²) in [5.41, 5.74) is 2.14. The van der Waals surface area contributed by atoms with Crippen LogP contribution >= 0.6 is 0 Å². The fourth-order valence-corrected chi connectivity index (χ4v) is 3.19. The second-order valence-electron chi connectivity index (χ2n) is 6.78. The fourth-order valence-electron chi connectivity index (χ4n) is 3.19. The minimum absolute atomic E-state index is 0.0570. The van der Waals surface area contributed by atoms with Crippen LogP contribution in [-0.4, -0.2) is 25.7 Å². The molecule has 7 nitrogen and oxygen atoms in total. The van der Waals surface area contributed by atoms with Crippen LogP contribution in [0.4, 0.5) is 0 Å². The summed E-state index contributed by atoms with van der Waals surface area (Å²) in [7, 11) is 0. The third-order valence-electron chi connectivity index (χ3n) is 4.80. The maximum Gasteiger partial charge on any atom is 0.265 e. The molecule has 0 saturated heterocycles. The number of rotatable bonds is 6. The molecule has 7 heteroatoms. The monoisotopic (exact) mass is 399 g/mol. The average Bonchev–Trinajstić information content (AvgIpc) is 3.28. The molecule has 2 aromatic carbocycles. The molecule has 0 bridgehead atoms. The van der Waals surface area contributed by atoms with Gasteiger partial charge in [-0.05, 0) is 23.6 Å². The lowest BCUT2D eigenvalue weighted by Crippen LogP contribution is -2.34. The van der Waals surface area contributed by atoms with E-state index in [4.69, 9.17) is 0 Å². The fraction of sp³-hybridized carbons (Fsp3) is 0.130.